The molecule has 1 heterocycles. The maximum Gasteiger partial charge on any atom is 0.338 e. The first kappa shape index (κ1) is 18.5. The van der Waals surface area contributed by atoms with Gasteiger partial charge in [-0.25, -0.2) is 4.79 Å². The molecule has 136 valence electrons. The lowest BCUT2D eigenvalue weighted by atomic mass is 10.2. The van der Waals surface area contributed by atoms with Gasteiger partial charge in [-0.05, 0) is 42.5 Å². The molecule has 7 heteroatoms. The van der Waals surface area contributed by atoms with Crippen molar-refractivity contribution in [3.8, 4) is 0 Å². The molecule has 0 radical (unpaired) electrons. The van der Waals surface area contributed by atoms with E-state index in [9.17, 15) is 9.59 Å². The van der Waals surface area contributed by atoms with Crippen LogP contribution in [0.1, 0.15) is 10.4 Å². The monoisotopic (exact) mass is 392 g/mol. The van der Waals surface area contributed by atoms with Gasteiger partial charge in [0.2, 0.25) is 0 Å². The van der Waals surface area contributed by atoms with Gasteiger partial charge in [-0.2, -0.15) is 0 Å². The van der Waals surface area contributed by atoms with E-state index in [0.29, 0.717) is 41.8 Å². The Kier molecular flexibility index (Phi) is 6.01. The molecule has 0 N–H and O–H groups in total. The second-order valence-corrected chi connectivity index (χ2v) is 6.80. The van der Waals surface area contributed by atoms with E-state index in [2.05, 4.69) is 4.90 Å². The number of hydrogen-bond acceptors (Lipinski definition) is 4. The summed E-state index contributed by atoms with van der Waals surface area (Å²) in [5.74, 6) is -0.731. The number of ether oxygens (including phenoxy) is 1. The van der Waals surface area contributed by atoms with E-state index in [1.165, 1.54) is 0 Å². The molecule has 5 nitrogen and oxygen atoms in total. The number of esters is 1. The molecule has 1 fully saturated rings. The highest BCUT2D eigenvalue weighted by molar-refractivity contribution is 6.31. The first-order valence-electron chi connectivity index (χ1n) is 8.24. The van der Waals surface area contributed by atoms with Crippen LogP contribution in [0.25, 0.3) is 0 Å². The maximum atomic E-state index is 12.3. The third kappa shape index (κ3) is 4.68. The highest BCUT2D eigenvalue weighted by Crippen LogP contribution is 2.20. The van der Waals surface area contributed by atoms with E-state index in [0.717, 1.165) is 5.69 Å². The fourth-order valence-electron chi connectivity index (χ4n) is 2.77. The smallest absolute Gasteiger partial charge is 0.338 e. The van der Waals surface area contributed by atoms with Gasteiger partial charge in [0.15, 0.2) is 6.61 Å². The Morgan fingerprint density at radius 3 is 2.27 bits per heavy atom. The molecule has 26 heavy (non-hydrogen) atoms. The van der Waals surface area contributed by atoms with E-state index < -0.39 is 5.97 Å². The van der Waals surface area contributed by atoms with E-state index >= 15 is 0 Å². The van der Waals surface area contributed by atoms with Crippen molar-refractivity contribution in [1.29, 1.82) is 0 Å². The van der Waals surface area contributed by atoms with Crippen LogP contribution in [0.4, 0.5) is 5.69 Å². The van der Waals surface area contributed by atoms with E-state index in [1.54, 1.807) is 29.2 Å². The van der Waals surface area contributed by atoms with Crippen molar-refractivity contribution in [3.63, 3.8) is 0 Å². The Hall–Kier alpha value is -2.24. The summed E-state index contributed by atoms with van der Waals surface area (Å²) in [5.41, 5.74) is 1.41. The van der Waals surface area contributed by atoms with Gasteiger partial charge < -0.3 is 14.5 Å². The second kappa shape index (κ2) is 8.43. The first-order chi connectivity index (χ1) is 12.5. The predicted molar refractivity (Wildman–Crippen MR) is 102 cm³/mol. The first-order valence-corrected chi connectivity index (χ1v) is 8.99. The predicted octanol–water partition coefficient (Wildman–Crippen LogP) is 3.50. The number of nitrogens with zero attached hydrogens (tertiary/aromatic N) is 2. The third-order valence-corrected chi connectivity index (χ3v) is 4.70. The Morgan fingerprint density at radius 2 is 1.62 bits per heavy atom. The fraction of sp³-hybridized carbons (Fsp3) is 0.263. The number of benzene rings is 2. The molecule has 1 amide bonds. The van der Waals surface area contributed by atoms with Crippen molar-refractivity contribution in [2.45, 2.75) is 0 Å². The van der Waals surface area contributed by atoms with Crippen LogP contribution in [-0.4, -0.2) is 49.6 Å². The molecular formula is C19H18Cl2N2O3. The molecule has 2 aromatic carbocycles. The summed E-state index contributed by atoms with van der Waals surface area (Å²) in [6.45, 7) is 2.29. The molecule has 3 rings (SSSR count). The minimum atomic E-state index is -0.535. The minimum Gasteiger partial charge on any atom is -0.452 e. The van der Waals surface area contributed by atoms with Crippen molar-refractivity contribution in [2.24, 2.45) is 0 Å². The average Bonchev–Trinajstić information content (AvgIpc) is 2.66. The number of amides is 1. The van der Waals surface area contributed by atoms with Crippen molar-refractivity contribution < 1.29 is 14.3 Å². The summed E-state index contributed by atoms with van der Waals surface area (Å²) in [7, 11) is 0. The van der Waals surface area contributed by atoms with Crippen molar-refractivity contribution in [3.05, 3.63) is 64.1 Å². The molecule has 0 atom stereocenters. The van der Waals surface area contributed by atoms with Crippen LogP contribution in [0.2, 0.25) is 10.0 Å². The fourth-order valence-corrected chi connectivity index (χ4v) is 3.09. The molecule has 2 aromatic rings. The topological polar surface area (TPSA) is 49.9 Å². The SMILES string of the molecule is O=C(OCC(=O)N1CCN(c2cccc(Cl)c2)CC1)c1ccc(Cl)cc1. The van der Waals surface area contributed by atoms with E-state index in [1.807, 2.05) is 24.3 Å². The summed E-state index contributed by atoms with van der Waals surface area (Å²) in [5, 5.41) is 1.23. The van der Waals surface area contributed by atoms with Gasteiger partial charge in [0.25, 0.3) is 5.91 Å². The van der Waals surface area contributed by atoms with Crippen LogP contribution >= 0.6 is 23.2 Å². The lowest BCUT2D eigenvalue weighted by Gasteiger charge is -2.36. The quantitative estimate of drug-likeness (QED) is 0.747. The van der Waals surface area contributed by atoms with Gasteiger partial charge in [0, 0.05) is 41.9 Å². The summed E-state index contributed by atoms with van der Waals surface area (Å²) in [6, 6.07) is 14.0. The number of hydrogen-bond donors (Lipinski definition) is 0. The maximum absolute atomic E-state index is 12.3. The second-order valence-electron chi connectivity index (χ2n) is 5.93. The average molecular weight is 393 g/mol. The van der Waals surface area contributed by atoms with Gasteiger partial charge in [0.1, 0.15) is 0 Å². The normalized spacial score (nSPS) is 14.2. The van der Waals surface area contributed by atoms with Crippen molar-refractivity contribution in [2.75, 3.05) is 37.7 Å². The minimum absolute atomic E-state index is 0.196. The van der Waals surface area contributed by atoms with Gasteiger partial charge in [-0.1, -0.05) is 29.3 Å². The number of halogens is 2. The van der Waals surface area contributed by atoms with Crippen LogP contribution in [0, 0.1) is 0 Å². The summed E-state index contributed by atoms with van der Waals surface area (Å²) in [4.78, 5) is 28.1. The zero-order chi connectivity index (χ0) is 18.5. The summed E-state index contributed by atoms with van der Waals surface area (Å²) < 4.78 is 5.11. The van der Waals surface area contributed by atoms with Crippen LogP contribution in [-0.2, 0) is 9.53 Å². The van der Waals surface area contributed by atoms with Gasteiger partial charge in [0.05, 0.1) is 5.56 Å². The summed E-state index contributed by atoms with van der Waals surface area (Å²) in [6.07, 6.45) is 0. The number of anilines is 1. The Labute approximate surface area is 162 Å². The van der Waals surface area contributed by atoms with Gasteiger partial charge in [-0.15, -0.1) is 0 Å². The van der Waals surface area contributed by atoms with E-state index in [-0.39, 0.29) is 12.5 Å². The number of carbonyl (C=O) groups excluding carboxylic acids is 2. The molecule has 0 aromatic heterocycles. The zero-order valence-electron chi connectivity index (χ0n) is 14.0. The lowest BCUT2D eigenvalue weighted by molar-refractivity contribution is -0.134. The highest BCUT2D eigenvalue weighted by Gasteiger charge is 2.22. The molecule has 0 saturated carbocycles. The molecular weight excluding hydrogens is 375 g/mol. The number of rotatable bonds is 4. The highest BCUT2D eigenvalue weighted by atomic mass is 35.5. The van der Waals surface area contributed by atoms with Crippen molar-refractivity contribution >= 4 is 40.8 Å². The van der Waals surface area contributed by atoms with Crippen LogP contribution in [0.5, 0.6) is 0 Å². The molecule has 1 saturated heterocycles. The van der Waals surface area contributed by atoms with Crippen LogP contribution in [0.3, 0.4) is 0 Å². The van der Waals surface area contributed by atoms with Crippen molar-refractivity contribution in [1.82, 2.24) is 4.90 Å². The molecule has 0 spiro atoms. The van der Waals surface area contributed by atoms with Crippen LogP contribution in [0.15, 0.2) is 48.5 Å². The van der Waals surface area contributed by atoms with Gasteiger partial charge in [-0.3, -0.25) is 4.79 Å². The van der Waals surface area contributed by atoms with Gasteiger partial charge >= 0.3 is 5.97 Å². The summed E-state index contributed by atoms with van der Waals surface area (Å²) >= 11 is 11.8. The largest absolute Gasteiger partial charge is 0.452 e. The Bertz CT molecular complexity index is 788. The molecule has 1 aliphatic rings. The molecule has 0 unspecified atom stereocenters. The van der Waals surface area contributed by atoms with Crippen LogP contribution < -0.4 is 4.90 Å². The number of piperazine rings is 1. The zero-order valence-corrected chi connectivity index (χ0v) is 15.5. The molecule has 1 aliphatic heterocycles. The lowest BCUT2D eigenvalue weighted by Crippen LogP contribution is -2.49. The molecule has 0 bridgehead atoms. The Balaban J connectivity index is 1.47. The standard InChI is InChI=1S/C19H18Cl2N2O3/c20-15-6-4-14(5-7-15)19(25)26-13-18(24)23-10-8-22(9-11-23)17-3-1-2-16(21)12-17/h1-7,12H,8-11,13H2. The third-order valence-electron chi connectivity index (χ3n) is 4.21. The molecule has 0 aliphatic carbocycles. The Morgan fingerprint density at radius 1 is 0.923 bits per heavy atom. The van der Waals surface area contributed by atoms with E-state index in [4.69, 9.17) is 27.9 Å². The number of carbonyl (C=O) groups is 2.